The molecule has 1 N–H and O–H groups in total. The number of carbonyl (C=O) groups excluding carboxylic acids is 1. The lowest BCUT2D eigenvalue weighted by atomic mass is 10.2. The van der Waals surface area contributed by atoms with Gasteiger partial charge in [0.1, 0.15) is 13.2 Å². The molecule has 1 aromatic carbocycles. The van der Waals surface area contributed by atoms with Gasteiger partial charge in [0.15, 0.2) is 0 Å². The van der Waals surface area contributed by atoms with E-state index in [2.05, 4.69) is 0 Å². The second kappa shape index (κ2) is 7.33. The van der Waals surface area contributed by atoms with Gasteiger partial charge >= 0.3 is 5.97 Å². The molecule has 0 atom stereocenters. The van der Waals surface area contributed by atoms with Crippen molar-refractivity contribution in [2.24, 2.45) is 0 Å². The SMILES string of the molecule is CN(Cc1ccc(Cl)c(Cl)c1)C(=O)COCC(=O)O. The van der Waals surface area contributed by atoms with Crippen molar-refractivity contribution in [3.8, 4) is 0 Å². The van der Waals surface area contributed by atoms with Gasteiger partial charge in [-0.05, 0) is 17.7 Å². The highest BCUT2D eigenvalue weighted by atomic mass is 35.5. The Labute approximate surface area is 120 Å². The van der Waals surface area contributed by atoms with Crippen LogP contribution >= 0.6 is 23.2 Å². The fourth-order valence-corrected chi connectivity index (χ4v) is 1.66. The molecule has 1 aromatic rings. The summed E-state index contributed by atoms with van der Waals surface area (Å²) in [6, 6.07) is 5.08. The predicted octanol–water partition coefficient (Wildman–Crippen LogP) is 2.05. The van der Waals surface area contributed by atoms with Crippen LogP contribution in [0.1, 0.15) is 5.56 Å². The van der Waals surface area contributed by atoms with E-state index in [9.17, 15) is 9.59 Å². The minimum absolute atomic E-state index is 0.274. The molecule has 7 heteroatoms. The molecule has 0 heterocycles. The molecular weight excluding hydrogens is 293 g/mol. The molecule has 0 spiro atoms. The lowest BCUT2D eigenvalue weighted by Gasteiger charge is -2.17. The number of carbonyl (C=O) groups is 2. The van der Waals surface area contributed by atoms with Gasteiger partial charge in [0.2, 0.25) is 5.91 Å². The second-order valence-corrected chi connectivity index (χ2v) is 4.70. The van der Waals surface area contributed by atoms with Crippen LogP contribution in [0.25, 0.3) is 0 Å². The number of amides is 1. The first kappa shape index (κ1) is 15.8. The van der Waals surface area contributed by atoms with Gasteiger partial charge in [-0.2, -0.15) is 0 Å². The predicted molar refractivity (Wildman–Crippen MR) is 71.4 cm³/mol. The van der Waals surface area contributed by atoms with E-state index in [1.807, 2.05) is 0 Å². The number of hydrogen-bond acceptors (Lipinski definition) is 3. The molecule has 1 rings (SSSR count). The Kier molecular flexibility index (Phi) is 6.08. The number of hydrogen-bond donors (Lipinski definition) is 1. The van der Waals surface area contributed by atoms with Gasteiger partial charge in [0, 0.05) is 13.6 Å². The van der Waals surface area contributed by atoms with Crippen molar-refractivity contribution in [1.29, 1.82) is 0 Å². The summed E-state index contributed by atoms with van der Waals surface area (Å²) in [5.41, 5.74) is 0.823. The van der Waals surface area contributed by atoms with Crippen molar-refractivity contribution < 1.29 is 19.4 Å². The molecule has 19 heavy (non-hydrogen) atoms. The summed E-state index contributed by atoms with van der Waals surface area (Å²) >= 11 is 11.7. The van der Waals surface area contributed by atoms with Crippen molar-refractivity contribution in [3.05, 3.63) is 33.8 Å². The Morgan fingerprint density at radius 1 is 1.26 bits per heavy atom. The molecule has 1 amide bonds. The van der Waals surface area contributed by atoms with Crippen molar-refractivity contribution in [2.45, 2.75) is 6.54 Å². The number of benzene rings is 1. The Bertz CT molecular complexity index is 479. The van der Waals surface area contributed by atoms with E-state index in [1.54, 1.807) is 25.2 Å². The maximum Gasteiger partial charge on any atom is 0.329 e. The van der Waals surface area contributed by atoms with Crippen molar-refractivity contribution in [3.63, 3.8) is 0 Å². The van der Waals surface area contributed by atoms with Crippen LogP contribution in [0.15, 0.2) is 18.2 Å². The number of nitrogens with zero attached hydrogens (tertiary/aromatic N) is 1. The summed E-state index contributed by atoms with van der Waals surface area (Å²) in [4.78, 5) is 23.3. The van der Waals surface area contributed by atoms with Crippen LogP contribution in [0.3, 0.4) is 0 Å². The normalized spacial score (nSPS) is 10.3. The number of aliphatic carboxylic acids is 1. The number of carboxylic acids is 1. The molecule has 5 nitrogen and oxygen atoms in total. The number of likely N-dealkylation sites (N-methyl/N-ethyl adjacent to an activating group) is 1. The Balaban J connectivity index is 2.49. The monoisotopic (exact) mass is 305 g/mol. The largest absolute Gasteiger partial charge is 0.480 e. The molecule has 0 unspecified atom stereocenters. The van der Waals surface area contributed by atoms with Gasteiger partial charge in [0.05, 0.1) is 10.0 Å². The third-order valence-electron chi connectivity index (χ3n) is 2.28. The van der Waals surface area contributed by atoms with Crippen LogP contribution in [0.5, 0.6) is 0 Å². The summed E-state index contributed by atoms with van der Waals surface area (Å²) in [7, 11) is 1.59. The van der Waals surface area contributed by atoms with Crippen LogP contribution in [0.4, 0.5) is 0 Å². The van der Waals surface area contributed by atoms with Crippen molar-refractivity contribution in [1.82, 2.24) is 4.90 Å². The van der Waals surface area contributed by atoms with Gasteiger partial charge in [-0.1, -0.05) is 29.3 Å². The third kappa shape index (κ3) is 5.46. The summed E-state index contributed by atoms with van der Waals surface area (Å²) in [5, 5.41) is 9.25. The standard InChI is InChI=1S/C12H13Cl2NO4/c1-15(11(16)6-19-7-12(17)18)5-8-2-3-9(13)10(14)4-8/h2-4H,5-7H2,1H3,(H,17,18). The van der Waals surface area contributed by atoms with E-state index in [0.717, 1.165) is 5.56 Å². The summed E-state index contributed by atoms with van der Waals surface area (Å²) in [6.45, 7) is -0.428. The lowest BCUT2D eigenvalue weighted by molar-refractivity contribution is -0.145. The molecule has 0 fully saturated rings. The van der Waals surface area contributed by atoms with Crippen LogP contribution in [0.2, 0.25) is 10.0 Å². The zero-order chi connectivity index (χ0) is 14.4. The number of ether oxygens (including phenoxy) is 1. The highest BCUT2D eigenvalue weighted by Gasteiger charge is 2.11. The number of halogens is 2. The van der Waals surface area contributed by atoms with Gasteiger partial charge in [-0.3, -0.25) is 4.79 Å². The zero-order valence-corrected chi connectivity index (χ0v) is 11.7. The van der Waals surface area contributed by atoms with Crippen LogP contribution < -0.4 is 0 Å². The summed E-state index contributed by atoms with van der Waals surface area (Å²) in [6.07, 6.45) is 0. The highest BCUT2D eigenvalue weighted by Crippen LogP contribution is 2.23. The molecule has 0 aliphatic carbocycles. The first-order valence-electron chi connectivity index (χ1n) is 5.37. The van der Waals surface area contributed by atoms with Gasteiger partial charge < -0.3 is 14.7 Å². The molecule has 104 valence electrons. The first-order valence-corrected chi connectivity index (χ1v) is 6.13. The van der Waals surface area contributed by atoms with E-state index < -0.39 is 12.6 Å². The molecule has 0 bridgehead atoms. The third-order valence-corrected chi connectivity index (χ3v) is 3.02. The van der Waals surface area contributed by atoms with E-state index in [4.69, 9.17) is 33.0 Å². The van der Waals surface area contributed by atoms with Crippen molar-refractivity contribution >= 4 is 35.1 Å². The van der Waals surface area contributed by atoms with Crippen LogP contribution in [-0.2, 0) is 20.9 Å². The lowest BCUT2D eigenvalue weighted by Crippen LogP contribution is -2.30. The molecule has 0 aliphatic rings. The molecule has 0 radical (unpaired) electrons. The van der Waals surface area contributed by atoms with Crippen LogP contribution in [0, 0.1) is 0 Å². The average molecular weight is 306 g/mol. The maximum absolute atomic E-state index is 11.6. The summed E-state index contributed by atoms with van der Waals surface area (Å²) < 4.78 is 4.72. The second-order valence-electron chi connectivity index (χ2n) is 3.88. The fraction of sp³-hybridized carbons (Fsp3) is 0.333. The van der Waals surface area contributed by atoms with E-state index in [1.165, 1.54) is 4.90 Å². The van der Waals surface area contributed by atoms with E-state index in [0.29, 0.717) is 16.6 Å². The van der Waals surface area contributed by atoms with Gasteiger partial charge in [0.25, 0.3) is 0 Å². The quantitative estimate of drug-likeness (QED) is 0.873. The minimum Gasteiger partial charge on any atom is -0.480 e. The first-order chi connectivity index (χ1) is 8.90. The van der Waals surface area contributed by atoms with Crippen LogP contribution in [-0.4, -0.2) is 42.1 Å². The Morgan fingerprint density at radius 2 is 1.95 bits per heavy atom. The molecule has 0 aliphatic heterocycles. The molecule has 0 aromatic heterocycles. The Morgan fingerprint density at radius 3 is 2.53 bits per heavy atom. The van der Waals surface area contributed by atoms with E-state index >= 15 is 0 Å². The summed E-state index contributed by atoms with van der Waals surface area (Å²) in [5.74, 6) is -1.42. The smallest absolute Gasteiger partial charge is 0.329 e. The number of carboxylic acid groups (broad SMARTS) is 1. The van der Waals surface area contributed by atoms with Gasteiger partial charge in [-0.25, -0.2) is 4.79 Å². The minimum atomic E-state index is -1.11. The van der Waals surface area contributed by atoms with Gasteiger partial charge in [-0.15, -0.1) is 0 Å². The zero-order valence-electron chi connectivity index (χ0n) is 10.2. The fourth-order valence-electron chi connectivity index (χ4n) is 1.34. The topological polar surface area (TPSA) is 66.8 Å². The van der Waals surface area contributed by atoms with E-state index in [-0.39, 0.29) is 12.5 Å². The molecule has 0 saturated heterocycles. The molecular formula is C12H13Cl2NO4. The Hall–Kier alpha value is -1.30. The average Bonchev–Trinajstić information content (AvgIpc) is 2.33. The maximum atomic E-state index is 11.6. The highest BCUT2D eigenvalue weighted by molar-refractivity contribution is 6.42. The number of rotatable bonds is 6. The van der Waals surface area contributed by atoms with Crippen molar-refractivity contribution in [2.75, 3.05) is 20.3 Å². The molecule has 0 saturated carbocycles.